The van der Waals surface area contributed by atoms with Crippen molar-refractivity contribution in [2.45, 2.75) is 38.5 Å². The zero-order chi connectivity index (χ0) is 25.6. The highest BCUT2D eigenvalue weighted by Crippen LogP contribution is 2.55. The second-order valence-electron chi connectivity index (χ2n) is 9.29. The number of hydrogen-bond donors (Lipinski definition) is 1. The van der Waals surface area contributed by atoms with E-state index in [4.69, 9.17) is 4.74 Å². The molecule has 0 heterocycles. The lowest BCUT2D eigenvalue weighted by atomic mass is 10.1. The fourth-order valence-corrected chi connectivity index (χ4v) is 9.29. The van der Waals surface area contributed by atoms with Crippen LogP contribution in [0, 0.1) is 0 Å². The van der Waals surface area contributed by atoms with Crippen molar-refractivity contribution in [1.29, 1.82) is 0 Å². The van der Waals surface area contributed by atoms with Gasteiger partial charge >= 0.3 is 6.09 Å². The Morgan fingerprint density at radius 1 is 0.553 bits per heavy atom. The van der Waals surface area contributed by atoms with Crippen LogP contribution in [0.2, 0.25) is 0 Å². The van der Waals surface area contributed by atoms with Crippen LogP contribution in [0.4, 0.5) is 10.5 Å². The summed E-state index contributed by atoms with van der Waals surface area (Å²) in [6.07, 6.45) is 7.55. The summed E-state index contributed by atoms with van der Waals surface area (Å²) >= 11 is 0. The molecular weight excluding hydrogens is 553 g/mol. The molecule has 0 aliphatic carbocycles. The maximum atomic E-state index is 11.9. The molecule has 0 aliphatic rings. The maximum absolute atomic E-state index is 11.9. The third kappa shape index (κ3) is 8.28. The SMILES string of the molecule is O=C(Nc1ccccc1)OCCCCCCCC[P+](c1ccccc1)(c1ccccc1)c1ccccc1.[Br-]. The highest BCUT2D eigenvalue weighted by Gasteiger charge is 2.44. The third-order valence-electron chi connectivity index (χ3n) is 6.73. The number of hydrogen-bond acceptors (Lipinski definition) is 2. The second kappa shape index (κ2) is 16.1. The lowest BCUT2D eigenvalue weighted by Crippen LogP contribution is -3.00. The Bertz CT molecular complexity index is 1090. The molecule has 0 bridgehead atoms. The van der Waals surface area contributed by atoms with Crippen molar-refractivity contribution < 1.29 is 26.5 Å². The fraction of sp³-hybridized carbons (Fsp3) is 0.242. The van der Waals surface area contributed by atoms with E-state index in [9.17, 15) is 4.79 Å². The van der Waals surface area contributed by atoms with Crippen LogP contribution in [0.25, 0.3) is 0 Å². The number of halogens is 1. The van der Waals surface area contributed by atoms with Crippen LogP contribution in [0.15, 0.2) is 121 Å². The number of carbonyl (C=O) groups excluding carboxylic acids is 1. The van der Waals surface area contributed by atoms with Gasteiger partial charge in [-0.05, 0) is 67.8 Å². The molecule has 38 heavy (non-hydrogen) atoms. The molecule has 0 atom stereocenters. The van der Waals surface area contributed by atoms with Gasteiger partial charge in [-0.3, -0.25) is 5.32 Å². The number of benzene rings is 4. The summed E-state index contributed by atoms with van der Waals surface area (Å²) in [6.45, 7) is 0.462. The monoisotopic (exact) mass is 589 g/mol. The van der Waals surface area contributed by atoms with Gasteiger partial charge in [-0.2, -0.15) is 0 Å². The van der Waals surface area contributed by atoms with Gasteiger partial charge in [-0.15, -0.1) is 0 Å². The number of para-hydroxylation sites is 1. The Balaban J connectivity index is 0.00000400. The van der Waals surface area contributed by atoms with Crippen molar-refractivity contribution in [3.8, 4) is 0 Å². The molecule has 4 aromatic carbocycles. The maximum Gasteiger partial charge on any atom is 0.411 e. The summed E-state index contributed by atoms with van der Waals surface area (Å²) in [6, 6.07) is 42.7. The number of anilines is 1. The Morgan fingerprint density at radius 2 is 0.947 bits per heavy atom. The number of unbranched alkanes of at least 4 members (excludes halogenated alkanes) is 5. The van der Waals surface area contributed by atoms with E-state index in [2.05, 4.69) is 96.3 Å². The van der Waals surface area contributed by atoms with Crippen LogP contribution < -0.4 is 38.2 Å². The highest BCUT2D eigenvalue weighted by molar-refractivity contribution is 7.95. The van der Waals surface area contributed by atoms with Crippen LogP contribution in [0.3, 0.4) is 0 Å². The van der Waals surface area contributed by atoms with Gasteiger partial charge in [0.15, 0.2) is 0 Å². The summed E-state index contributed by atoms with van der Waals surface area (Å²) in [5.41, 5.74) is 0.757. The first-order valence-corrected chi connectivity index (χ1v) is 15.3. The molecule has 0 aromatic heterocycles. The molecule has 5 heteroatoms. The minimum absolute atomic E-state index is 0. The average Bonchev–Trinajstić information content (AvgIpc) is 2.96. The molecule has 4 aromatic rings. The first-order chi connectivity index (χ1) is 18.3. The van der Waals surface area contributed by atoms with E-state index in [0.29, 0.717) is 6.61 Å². The minimum Gasteiger partial charge on any atom is -1.00 e. The van der Waals surface area contributed by atoms with Crippen molar-refractivity contribution in [1.82, 2.24) is 0 Å². The molecule has 0 radical (unpaired) electrons. The van der Waals surface area contributed by atoms with Crippen LogP contribution in [-0.4, -0.2) is 18.9 Å². The van der Waals surface area contributed by atoms with Crippen molar-refractivity contribution >= 4 is 35.0 Å². The first kappa shape index (κ1) is 29.6. The smallest absolute Gasteiger partial charge is 0.411 e. The van der Waals surface area contributed by atoms with E-state index in [1.54, 1.807) is 0 Å². The van der Waals surface area contributed by atoms with Crippen LogP contribution in [0.1, 0.15) is 38.5 Å². The van der Waals surface area contributed by atoms with Gasteiger partial charge in [0.25, 0.3) is 0 Å². The molecule has 198 valence electrons. The molecule has 0 saturated heterocycles. The second-order valence-corrected chi connectivity index (χ2v) is 12.9. The molecule has 4 rings (SSSR count). The van der Waals surface area contributed by atoms with Gasteiger partial charge < -0.3 is 21.7 Å². The summed E-state index contributed by atoms with van der Waals surface area (Å²) in [5.74, 6) is 0. The van der Waals surface area contributed by atoms with Crippen molar-refractivity contribution in [2.24, 2.45) is 0 Å². The zero-order valence-electron chi connectivity index (χ0n) is 21.8. The van der Waals surface area contributed by atoms with Crippen molar-refractivity contribution in [3.63, 3.8) is 0 Å². The molecule has 1 amide bonds. The third-order valence-corrected chi connectivity index (χ3v) is 11.3. The van der Waals surface area contributed by atoms with Gasteiger partial charge in [0.05, 0.1) is 12.8 Å². The summed E-state index contributed by atoms with van der Waals surface area (Å²) in [7, 11) is -1.72. The van der Waals surface area contributed by atoms with E-state index in [1.807, 2.05) is 30.3 Å². The van der Waals surface area contributed by atoms with Crippen LogP contribution in [-0.2, 0) is 4.74 Å². The van der Waals surface area contributed by atoms with Crippen LogP contribution in [0.5, 0.6) is 0 Å². The van der Waals surface area contributed by atoms with Gasteiger partial charge in [-0.1, -0.05) is 92.1 Å². The topological polar surface area (TPSA) is 38.3 Å². The lowest BCUT2D eigenvalue weighted by molar-refractivity contribution is -0.0000128. The van der Waals surface area contributed by atoms with E-state index in [-0.39, 0.29) is 23.1 Å². The van der Waals surface area contributed by atoms with Gasteiger partial charge in [0.2, 0.25) is 0 Å². The summed E-state index contributed by atoms with van der Waals surface area (Å²) < 4.78 is 5.32. The normalized spacial score (nSPS) is 10.8. The standard InChI is InChI=1S/C33H36NO2P.BrH/c35-33(34-29-19-9-5-10-20-29)36-27-17-3-1-2-4-18-28-37(30-21-11-6-12-22-30,31-23-13-7-14-24-31)32-25-15-8-16-26-32;/h5-16,19-26H,1-4,17-18,27-28H2;1H. The van der Waals surface area contributed by atoms with E-state index in [0.717, 1.165) is 24.9 Å². The number of rotatable bonds is 13. The predicted molar refractivity (Wildman–Crippen MR) is 159 cm³/mol. The number of amides is 1. The zero-order valence-corrected chi connectivity index (χ0v) is 24.3. The van der Waals surface area contributed by atoms with Gasteiger partial charge in [0.1, 0.15) is 23.2 Å². The summed E-state index contributed by atoms with van der Waals surface area (Å²) in [5, 5.41) is 7.13. The number of ether oxygens (including phenoxy) is 1. The number of carbonyl (C=O) groups is 1. The molecule has 0 aliphatic heterocycles. The van der Waals surface area contributed by atoms with Crippen LogP contribution >= 0.6 is 7.26 Å². The predicted octanol–water partition coefficient (Wildman–Crippen LogP) is 4.57. The quantitative estimate of drug-likeness (QED) is 0.183. The Morgan fingerprint density at radius 3 is 1.42 bits per heavy atom. The van der Waals surface area contributed by atoms with Gasteiger partial charge in [0, 0.05) is 5.69 Å². The van der Waals surface area contributed by atoms with E-state index < -0.39 is 7.26 Å². The molecule has 1 N–H and O–H groups in total. The molecule has 3 nitrogen and oxygen atoms in total. The summed E-state index contributed by atoms with van der Waals surface area (Å²) in [4.78, 5) is 11.9. The largest absolute Gasteiger partial charge is 1.00 e. The van der Waals surface area contributed by atoms with Gasteiger partial charge in [-0.25, -0.2) is 4.79 Å². The highest BCUT2D eigenvalue weighted by atomic mass is 79.9. The Kier molecular flexibility index (Phi) is 12.6. The number of nitrogens with one attached hydrogen (secondary N) is 1. The molecule has 0 spiro atoms. The molecular formula is C33H37BrNO2P. The van der Waals surface area contributed by atoms with Crippen molar-refractivity contribution in [3.05, 3.63) is 121 Å². The van der Waals surface area contributed by atoms with E-state index >= 15 is 0 Å². The Hall–Kier alpha value is -2.94. The Labute approximate surface area is 238 Å². The molecule has 0 saturated carbocycles. The molecule has 0 fully saturated rings. The minimum atomic E-state index is -1.72. The first-order valence-electron chi connectivity index (χ1n) is 13.3. The van der Waals surface area contributed by atoms with Crippen molar-refractivity contribution in [2.75, 3.05) is 18.1 Å². The fourth-order valence-electron chi connectivity index (χ4n) is 4.88. The molecule has 0 unspecified atom stereocenters. The average molecular weight is 591 g/mol. The lowest BCUT2D eigenvalue weighted by Gasteiger charge is -2.27. The van der Waals surface area contributed by atoms with E-state index in [1.165, 1.54) is 41.3 Å².